The van der Waals surface area contributed by atoms with Gasteiger partial charge in [0, 0.05) is 28.2 Å². The molecule has 6 unspecified atom stereocenters. The molecule has 6 atom stereocenters. The molecule has 2 aromatic carbocycles. The number of pyridine rings is 1. The minimum Gasteiger partial charge on any atom is -0.503 e. The van der Waals surface area contributed by atoms with E-state index in [2.05, 4.69) is 42.3 Å². The van der Waals surface area contributed by atoms with E-state index < -0.39 is 63.6 Å². The van der Waals surface area contributed by atoms with Crippen LogP contribution in [-0.2, 0) is 30.8 Å². The summed E-state index contributed by atoms with van der Waals surface area (Å²) >= 11 is 19.6. The predicted molar refractivity (Wildman–Crippen MR) is 194 cm³/mol. The number of carbonyl (C=O) groups excluding carboxylic acids is 4. The third-order valence-corrected chi connectivity index (χ3v) is 13.5. The van der Waals surface area contributed by atoms with Crippen LogP contribution in [0.5, 0.6) is 11.5 Å². The number of methoxy groups -OCH3 is 1. The van der Waals surface area contributed by atoms with Crippen molar-refractivity contribution >= 4 is 84.5 Å². The van der Waals surface area contributed by atoms with E-state index in [0.717, 1.165) is 0 Å². The van der Waals surface area contributed by atoms with Crippen molar-refractivity contribution in [3.05, 3.63) is 89.9 Å². The number of amides is 4. The zero-order chi connectivity index (χ0) is 38.3. The summed E-state index contributed by atoms with van der Waals surface area (Å²) in [6, 6.07) is 8.58. The summed E-state index contributed by atoms with van der Waals surface area (Å²) in [5, 5.41) is 11.5. The molecule has 1 aromatic heterocycles. The second kappa shape index (κ2) is 13.6. The first-order valence-corrected chi connectivity index (χ1v) is 18.9. The number of anilines is 1. The van der Waals surface area contributed by atoms with Gasteiger partial charge in [-0.25, -0.2) is 4.98 Å². The number of hydrazine groups is 1. The lowest BCUT2D eigenvalue weighted by molar-refractivity contribution is -0.141. The van der Waals surface area contributed by atoms with Gasteiger partial charge in [-0.15, -0.1) is 0 Å². The standard InChI is InChI=1S/C36H29Br2Cl2F3N4O6/c1-3-10-46-31(49)19-9-8-18-20(25(19)33(46)51)12-22-32(50)47(45-30-23(40)11-16(14-44-30)36(41,42)43)34(52)35(22,15-4-6-17(39)7-5-15)26(18)21-13-24(53-2)29(48)28(38)27(21)37/h4-8,11,13-14,19-20,22,25-26,48H,3,9-10,12H2,1-2H3,(H,44,45). The van der Waals surface area contributed by atoms with Gasteiger partial charge in [-0.2, -0.15) is 18.2 Å². The zero-order valence-corrected chi connectivity index (χ0v) is 32.5. The first-order valence-electron chi connectivity index (χ1n) is 16.5. The highest BCUT2D eigenvalue weighted by atomic mass is 79.9. The second-order valence-electron chi connectivity index (χ2n) is 13.4. The molecule has 3 fully saturated rings. The van der Waals surface area contributed by atoms with Crippen LogP contribution in [-0.4, -0.2) is 57.3 Å². The van der Waals surface area contributed by atoms with E-state index in [0.29, 0.717) is 49.9 Å². The summed E-state index contributed by atoms with van der Waals surface area (Å²) in [5.74, 6) is -7.16. The lowest BCUT2D eigenvalue weighted by atomic mass is 9.49. The number of aromatic hydroxyl groups is 1. The maximum Gasteiger partial charge on any atom is 0.417 e. The van der Waals surface area contributed by atoms with Crippen molar-refractivity contribution in [2.45, 2.75) is 43.7 Å². The Bertz CT molecular complexity index is 2120. The van der Waals surface area contributed by atoms with Crippen molar-refractivity contribution in [3.8, 4) is 11.5 Å². The number of ether oxygens (including phenoxy) is 1. The molecular formula is C36H29Br2Cl2F3N4O6. The fourth-order valence-electron chi connectivity index (χ4n) is 8.61. The molecule has 3 aromatic rings. The summed E-state index contributed by atoms with van der Waals surface area (Å²) in [7, 11) is 1.35. The topological polar surface area (TPSA) is 129 Å². The van der Waals surface area contributed by atoms with Gasteiger partial charge < -0.3 is 9.84 Å². The first kappa shape index (κ1) is 37.6. The lowest BCUT2D eigenvalue weighted by Gasteiger charge is -2.51. The number of likely N-dealkylation sites (tertiary alicyclic amines) is 1. The number of nitrogens with one attached hydrogen (secondary N) is 1. The molecule has 7 rings (SSSR count). The summed E-state index contributed by atoms with van der Waals surface area (Å²) in [4.78, 5) is 62.9. The number of nitrogens with zero attached hydrogens (tertiary/aromatic N) is 3. The Labute approximate surface area is 327 Å². The molecule has 3 heterocycles. The van der Waals surface area contributed by atoms with Crippen LogP contribution in [0.25, 0.3) is 0 Å². The third kappa shape index (κ3) is 5.67. The van der Waals surface area contributed by atoms with Crippen molar-refractivity contribution in [1.82, 2.24) is 14.9 Å². The van der Waals surface area contributed by atoms with Crippen LogP contribution in [0.4, 0.5) is 19.0 Å². The Kier molecular flexibility index (Phi) is 9.64. The number of imide groups is 2. The van der Waals surface area contributed by atoms with E-state index in [1.54, 1.807) is 30.3 Å². The number of allylic oxidation sites excluding steroid dienone is 2. The van der Waals surface area contributed by atoms with Gasteiger partial charge in [0.1, 0.15) is 0 Å². The highest BCUT2D eigenvalue weighted by Crippen LogP contribution is 2.65. The SMILES string of the molecule is CCCN1C(=O)C2CC=C3C(CC4C(=O)N(Nc5ncc(C(F)(F)F)cc5Cl)C(=O)C4(c4ccc(Cl)cc4)C3c3cc(OC)c(O)c(Br)c3Br)C2C1=O. The number of alkyl halides is 3. The molecule has 2 saturated heterocycles. The van der Waals surface area contributed by atoms with E-state index in [1.807, 2.05) is 13.0 Å². The number of hydrogen-bond donors (Lipinski definition) is 2. The zero-order valence-electron chi connectivity index (χ0n) is 27.8. The molecule has 10 nitrogen and oxygen atoms in total. The first-order chi connectivity index (χ1) is 25.1. The summed E-state index contributed by atoms with van der Waals surface area (Å²) in [6.07, 6.45) is -1.64. The summed E-state index contributed by atoms with van der Waals surface area (Å²) in [6.45, 7) is 2.09. The van der Waals surface area contributed by atoms with Gasteiger partial charge in [0.2, 0.25) is 11.8 Å². The van der Waals surface area contributed by atoms with Gasteiger partial charge in [-0.1, -0.05) is 53.9 Å². The van der Waals surface area contributed by atoms with Crippen LogP contribution < -0.4 is 10.2 Å². The van der Waals surface area contributed by atoms with Crippen LogP contribution in [0.3, 0.4) is 0 Å². The number of hydrogen-bond acceptors (Lipinski definition) is 8. The van der Waals surface area contributed by atoms with Crippen LogP contribution in [0, 0.1) is 23.7 Å². The number of carbonyl (C=O) groups is 4. The molecule has 2 N–H and O–H groups in total. The molecule has 4 aliphatic rings. The van der Waals surface area contributed by atoms with Crippen LogP contribution in [0.1, 0.15) is 48.8 Å². The van der Waals surface area contributed by atoms with Crippen molar-refractivity contribution in [3.63, 3.8) is 0 Å². The molecule has 0 bridgehead atoms. The molecule has 53 heavy (non-hydrogen) atoms. The average Bonchev–Trinajstić information content (AvgIpc) is 3.49. The highest BCUT2D eigenvalue weighted by Gasteiger charge is 2.70. The molecule has 0 spiro atoms. The Hall–Kier alpha value is -3.66. The van der Waals surface area contributed by atoms with Crippen molar-refractivity contribution < 1.29 is 42.2 Å². The molecule has 17 heteroatoms. The maximum atomic E-state index is 15.4. The van der Waals surface area contributed by atoms with E-state index in [1.165, 1.54) is 12.0 Å². The fourth-order valence-corrected chi connectivity index (χ4v) is 9.90. The van der Waals surface area contributed by atoms with Gasteiger partial charge in [0.05, 0.1) is 45.3 Å². The van der Waals surface area contributed by atoms with Crippen LogP contribution in [0.15, 0.2) is 63.2 Å². The van der Waals surface area contributed by atoms with E-state index >= 15 is 4.79 Å². The molecular weight excluding hydrogens is 872 g/mol. The fraction of sp³-hybridized carbons (Fsp3) is 0.361. The molecule has 278 valence electrons. The van der Waals surface area contributed by atoms with E-state index in [-0.39, 0.29) is 53.0 Å². The van der Waals surface area contributed by atoms with Gasteiger partial charge in [-0.05, 0) is 92.4 Å². The Morgan fingerprint density at radius 2 is 1.74 bits per heavy atom. The quantitative estimate of drug-likeness (QED) is 0.180. The summed E-state index contributed by atoms with van der Waals surface area (Å²) < 4.78 is 46.5. The Morgan fingerprint density at radius 3 is 2.36 bits per heavy atom. The van der Waals surface area contributed by atoms with Gasteiger partial charge in [0.25, 0.3) is 11.8 Å². The Balaban J connectivity index is 1.48. The number of phenols is 1. The minimum atomic E-state index is -4.75. The van der Waals surface area contributed by atoms with Gasteiger partial charge in [0.15, 0.2) is 17.3 Å². The number of halogens is 7. The maximum absolute atomic E-state index is 15.4. The lowest BCUT2D eigenvalue weighted by Crippen LogP contribution is -2.53. The second-order valence-corrected chi connectivity index (χ2v) is 15.8. The molecule has 4 amide bonds. The molecule has 2 aliphatic carbocycles. The largest absolute Gasteiger partial charge is 0.503 e. The Morgan fingerprint density at radius 1 is 1.04 bits per heavy atom. The van der Waals surface area contributed by atoms with E-state index in [9.17, 15) is 32.7 Å². The molecule has 2 aliphatic heterocycles. The normalized spacial score (nSPS) is 26.7. The number of aromatic nitrogens is 1. The van der Waals surface area contributed by atoms with Crippen molar-refractivity contribution in [2.75, 3.05) is 19.1 Å². The number of benzene rings is 2. The van der Waals surface area contributed by atoms with Crippen LogP contribution >= 0.6 is 55.1 Å². The van der Waals surface area contributed by atoms with Crippen LogP contribution in [0.2, 0.25) is 10.0 Å². The monoisotopic (exact) mass is 898 g/mol. The molecule has 1 saturated carbocycles. The van der Waals surface area contributed by atoms with Gasteiger partial charge >= 0.3 is 6.18 Å². The molecule has 0 radical (unpaired) electrons. The predicted octanol–water partition coefficient (Wildman–Crippen LogP) is 8.04. The van der Waals surface area contributed by atoms with Gasteiger partial charge in [-0.3, -0.25) is 29.5 Å². The average molecular weight is 901 g/mol. The number of fused-ring (bicyclic) bond motifs is 4. The van der Waals surface area contributed by atoms with E-state index in [4.69, 9.17) is 27.9 Å². The van der Waals surface area contributed by atoms with Crippen molar-refractivity contribution in [2.24, 2.45) is 23.7 Å². The number of phenolic OH excluding ortho intramolecular Hbond substituents is 1. The third-order valence-electron chi connectivity index (χ3n) is 10.8. The number of rotatable bonds is 7. The van der Waals surface area contributed by atoms with Crippen molar-refractivity contribution in [1.29, 1.82) is 0 Å². The summed E-state index contributed by atoms with van der Waals surface area (Å²) in [5.41, 5.74) is 1.13. The smallest absolute Gasteiger partial charge is 0.417 e. The highest BCUT2D eigenvalue weighted by molar-refractivity contribution is 9.13. The minimum absolute atomic E-state index is 0.0317.